The lowest BCUT2D eigenvalue weighted by Crippen LogP contribution is -2.42. The number of carbonyl (C=O) groups excluding carboxylic acids is 1. The molecule has 6 nitrogen and oxygen atoms in total. The summed E-state index contributed by atoms with van der Waals surface area (Å²) < 4.78 is 34.8. The van der Waals surface area contributed by atoms with Gasteiger partial charge in [-0.25, -0.2) is 13.1 Å². The van der Waals surface area contributed by atoms with Crippen molar-refractivity contribution in [1.82, 2.24) is 9.62 Å². The van der Waals surface area contributed by atoms with Crippen molar-refractivity contribution in [2.24, 2.45) is 0 Å². The predicted molar refractivity (Wildman–Crippen MR) is 110 cm³/mol. The zero-order valence-electron chi connectivity index (χ0n) is 17.0. The topological polar surface area (TPSA) is 75.7 Å². The van der Waals surface area contributed by atoms with Crippen LogP contribution in [0.15, 0.2) is 53.4 Å². The Morgan fingerprint density at radius 2 is 1.64 bits per heavy atom. The van der Waals surface area contributed by atoms with Gasteiger partial charge in [-0.3, -0.25) is 4.79 Å². The highest BCUT2D eigenvalue weighted by Gasteiger charge is 2.33. The number of nitrogens with one attached hydrogen (secondary N) is 1. The molecular formula is C21H28N2O4S. The summed E-state index contributed by atoms with van der Waals surface area (Å²) in [6, 6.07) is 14.0. The van der Waals surface area contributed by atoms with Crippen molar-refractivity contribution in [1.29, 1.82) is 0 Å². The highest BCUT2D eigenvalue weighted by Crippen LogP contribution is 2.31. The van der Waals surface area contributed by atoms with E-state index in [1.165, 1.54) is 13.2 Å². The van der Waals surface area contributed by atoms with Crippen molar-refractivity contribution >= 4 is 15.9 Å². The Balaban J connectivity index is 2.57. The SMILES string of the molecule is CCN(CC)C(=O)c1cccc(OC)c1S(=O)(=O)NC(C)(C)c1ccccc1. The lowest BCUT2D eigenvalue weighted by molar-refractivity contribution is 0.0768. The third kappa shape index (κ3) is 4.54. The highest BCUT2D eigenvalue weighted by molar-refractivity contribution is 7.89. The first-order chi connectivity index (χ1) is 13.2. The average molecular weight is 405 g/mol. The van der Waals surface area contributed by atoms with Gasteiger partial charge < -0.3 is 9.64 Å². The van der Waals surface area contributed by atoms with E-state index >= 15 is 0 Å². The molecule has 152 valence electrons. The minimum atomic E-state index is -4.06. The Bertz CT molecular complexity index is 921. The van der Waals surface area contributed by atoms with E-state index in [1.54, 1.807) is 30.9 Å². The Morgan fingerprint density at radius 1 is 1.04 bits per heavy atom. The first-order valence-corrected chi connectivity index (χ1v) is 10.7. The van der Waals surface area contributed by atoms with E-state index in [2.05, 4.69) is 4.72 Å². The molecule has 0 unspecified atom stereocenters. The third-order valence-electron chi connectivity index (χ3n) is 4.63. The molecular weight excluding hydrogens is 376 g/mol. The Morgan fingerprint density at radius 3 is 2.18 bits per heavy atom. The van der Waals surface area contributed by atoms with Crippen molar-refractivity contribution in [2.45, 2.75) is 38.1 Å². The van der Waals surface area contributed by atoms with Gasteiger partial charge in [-0.05, 0) is 45.4 Å². The number of benzene rings is 2. The molecule has 0 aliphatic heterocycles. The number of rotatable bonds is 8. The van der Waals surface area contributed by atoms with Crippen LogP contribution >= 0.6 is 0 Å². The molecule has 2 aromatic carbocycles. The Kier molecular flexibility index (Phi) is 6.85. The van der Waals surface area contributed by atoms with E-state index in [0.717, 1.165) is 5.56 Å². The number of carbonyl (C=O) groups is 1. The Hall–Kier alpha value is -2.38. The third-order valence-corrected chi connectivity index (χ3v) is 6.37. The second-order valence-electron chi connectivity index (χ2n) is 6.91. The highest BCUT2D eigenvalue weighted by atomic mass is 32.2. The summed E-state index contributed by atoms with van der Waals surface area (Å²) in [5.41, 5.74) is 0.0284. The molecule has 0 bridgehead atoms. The fourth-order valence-corrected chi connectivity index (χ4v) is 4.86. The molecule has 2 aromatic rings. The first kappa shape index (κ1) is 21.9. The number of hydrogen-bond donors (Lipinski definition) is 1. The van der Waals surface area contributed by atoms with Crippen LogP contribution < -0.4 is 9.46 Å². The van der Waals surface area contributed by atoms with E-state index < -0.39 is 15.6 Å². The van der Waals surface area contributed by atoms with Gasteiger partial charge in [0, 0.05) is 13.1 Å². The predicted octanol–water partition coefficient (Wildman–Crippen LogP) is 3.39. The molecule has 1 N–H and O–H groups in total. The lowest BCUT2D eigenvalue weighted by Gasteiger charge is -2.28. The number of ether oxygens (including phenoxy) is 1. The molecule has 0 heterocycles. The summed E-state index contributed by atoms with van der Waals surface area (Å²) in [5, 5.41) is 0. The van der Waals surface area contributed by atoms with Gasteiger partial charge in [0.1, 0.15) is 10.6 Å². The molecule has 0 aliphatic carbocycles. The van der Waals surface area contributed by atoms with Crippen LogP contribution in [0.25, 0.3) is 0 Å². The normalized spacial score (nSPS) is 11.9. The minimum Gasteiger partial charge on any atom is -0.495 e. The maximum atomic E-state index is 13.4. The second kappa shape index (κ2) is 8.75. The van der Waals surface area contributed by atoms with Crippen LogP contribution in [-0.4, -0.2) is 39.4 Å². The van der Waals surface area contributed by atoms with Crippen molar-refractivity contribution < 1.29 is 17.9 Å². The van der Waals surface area contributed by atoms with Crippen LogP contribution in [-0.2, 0) is 15.6 Å². The van der Waals surface area contributed by atoms with Gasteiger partial charge in [0.05, 0.1) is 18.2 Å². The van der Waals surface area contributed by atoms with Gasteiger partial charge in [0.25, 0.3) is 5.91 Å². The molecule has 0 saturated heterocycles. The molecule has 28 heavy (non-hydrogen) atoms. The summed E-state index contributed by atoms with van der Waals surface area (Å²) in [6.45, 7) is 8.23. The van der Waals surface area contributed by atoms with Crippen molar-refractivity contribution in [2.75, 3.05) is 20.2 Å². The molecule has 2 rings (SSSR count). The van der Waals surface area contributed by atoms with Crippen molar-refractivity contribution in [3.05, 3.63) is 59.7 Å². The molecule has 0 fully saturated rings. The molecule has 0 aliphatic rings. The van der Waals surface area contributed by atoms with Crippen molar-refractivity contribution in [3.8, 4) is 5.75 Å². The summed E-state index contributed by atoms with van der Waals surface area (Å²) in [7, 11) is -2.67. The molecule has 7 heteroatoms. The fraction of sp³-hybridized carbons (Fsp3) is 0.381. The van der Waals surface area contributed by atoms with E-state index in [0.29, 0.717) is 13.1 Å². The number of hydrogen-bond acceptors (Lipinski definition) is 4. The zero-order chi connectivity index (χ0) is 20.9. The van der Waals surface area contributed by atoms with E-state index in [4.69, 9.17) is 4.74 Å². The van der Waals surface area contributed by atoms with Crippen LogP contribution in [0, 0.1) is 0 Å². The van der Waals surface area contributed by atoms with Crippen molar-refractivity contribution in [3.63, 3.8) is 0 Å². The molecule has 0 radical (unpaired) electrons. The second-order valence-corrected chi connectivity index (χ2v) is 8.53. The summed E-state index contributed by atoms with van der Waals surface area (Å²) in [6.07, 6.45) is 0. The largest absolute Gasteiger partial charge is 0.495 e. The minimum absolute atomic E-state index is 0.0967. The lowest BCUT2D eigenvalue weighted by atomic mass is 9.96. The van der Waals surface area contributed by atoms with E-state index in [-0.39, 0.29) is 22.1 Å². The maximum Gasteiger partial charge on any atom is 0.255 e. The molecule has 0 saturated carbocycles. The fourth-order valence-electron chi connectivity index (χ4n) is 3.10. The van der Waals surface area contributed by atoms with Gasteiger partial charge >= 0.3 is 0 Å². The van der Waals surface area contributed by atoms with Crippen LogP contribution in [0.1, 0.15) is 43.6 Å². The monoisotopic (exact) mass is 404 g/mol. The number of nitrogens with zero attached hydrogens (tertiary/aromatic N) is 1. The summed E-state index contributed by atoms with van der Waals surface area (Å²) >= 11 is 0. The number of sulfonamides is 1. The number of amides is 1. The van der Waals surface area contributed by atoms with E-state index in [1.807, 2.05) is 44.2 Å². The van der Waals surface area contributed by atoms with Crippen LogP contribution in [0.5, 0.6) is 5.75 Å². The van der Waals surface area contributed by atoms with Gasteiger partial charge in [-0.2, -0.15) is 0 Å². The standard InChI is InChI=1S/C21H28N2O4S/c1-6-23(7-2)20(24)17-14-11-15-18(27-5)19(17)28(25,26)22-21(3,4)16-12-9-8-10-13-16/h8-15,22H,6-7H2,1-5H3. The van der Waals surface area contributed by atoms with E-state index in [9.17, 15) is 13.2 Å². The molecule has 1 amide bonds. The van der Waals surface area contributed by atoms with Crippen LogP contribution in [0.4, 0.5) is 0 Å². The maximum absolute atomic E-state index is 13.4. The Labute approximate surface area is 167 Å². The number of methoxy groups -OCH3 is 1. The van der Waals surface area contributed by atoms with Gasteiger partial charge in [0.2, 0.25) is 10.0 Å². The zero-order valence-corrected chi connectivity index (χ0v) is 17.8. The molecule has 0 atom stereocenters. The quantitative estimate of drug-likeness (QED) is 0.732. The van der Waals surface area contributed by atoms with Crippen LogP contribution in [0.2, 0.25) is 0 Å². The van der Waals surface area contributed by atoms with Gasteiger partial charge in [-0.1, -0.05) is 36.4 Å². The summed E-state index contributed by atoms with van der Waals surface area (Å²) in [4.78, 5) is 14.4. The smallest absolute Gasteiger partial charge is 0.255 e. The van der Waals surface area contributed by atoms with Crippen LogP contribution in [0.3, 0.4) is 0 Å². The molecule has 0 spiro atoms. The average Bonchev–Trinajstić information content (AvgIpc) is 2.68. The van der Waals surface area contributed by atoms with Gasteiger partial charge in [0.15, 0.2) is 0 Å². The molecule has 0 aromatic heterocycles. The summed E-state index contributed by atoms with van der Waals surface area (Å²) in [5.74, 6) is -0.212. The first-order valence-electron chi connectivity index (χ1n) is 9.23. The van der Waals surface area contributed by atoms with Gasteiger partial charge in [-0.15, -0.1) is 0 Å².